The maximum atomic E-state index is 13.1. The molecular formula is C19H21FN6O4S. The summed E-state index contributed by atoms with van der Waals surface area (Å²) in [6.45, 7) is 2.12. The third-order valence-electron chi connectivity index (χ3n) is 5.08. The maximum Gasteiger partial charge on any atom is 0.322 e. The summed E-state index contributed by atoms with van der Waals surface area (Å²) in [7, 11) is -2.09. The summed E-state index contributed by atoms with van der Waals surface area (Å²) >= 11 is 0. The number of amides is 1. The van der Waals surface area contributed by atoms with Gasteiger partial charge in [0.2, 0.25) is 15.9 Å². The van der Waals surface area contributed by atoms with Crippen LogP contribution in [0.15, 0.2) is 39.6 Å². The smallest absolute Gasteiger partial charge is 0.322 e. The summed E-state index contributed by atoms with van der Waals surface area (Å²) < 4.78 is 47.2. The van der Waals surface area contributed by atoms with Crippen LogP contribution >= 0.6 is 0 Å². The molecule has 1 saturated heterocycles. The van der Waals surface area contributed by atoms with E-state index in [9.17, 15) is 17.6 Å². The minimum Gasteiger partial charge on any atom is -0.401 e. The first-order valence-corrected chi connectivity index (χ1v) is 11.1. The van der Waals surface area contributed by atoms with Gasteiger partial charge in [-0.3, -0.25) is 14.8 Å². The summed E-state index contributed by atoms with van der Waals surface area (Å²) in [5.74, 6) is -1.30. The van der Waals surface area contributed by atoms with Gasteiger partial charge >= 0.3 is 6.01 Å². The van der Waals surface area contributed by atoms with Crippen LogP contribution in [0.5, 0.6) is 0 Å². The fourth-order valence-electron chi connectivity index (χ4n) is 3.53. The number of piperidine rings is 1. The lowest BCUT2D eigenvalue weighted by Gasteiger charge is -2.30. The predicted octanol–water partition coefficient (Wildman–Crippen LogP) is 1.96. The van der Waals surface area contributed by atoms with Gasteiger partial charge in [0.25, 0.3) is 5.89 Å². The van der Waals surface area contributed by atoms with Gasteiger partial charge in [0.15, 0.2) is 0 Å². The number of nitrogens with one attached hydrogen (secondary N) is 1. The van der Waals surface area contributed by atoms with Crippen LogP contribution in [0, 0.1) is 18.7 Å². The molecule has 2 aromatic heterocycles. The zero-order valence-electron chi connectivity index (χ0n) is 16.9. The lowest BCUT2D eigenvalue weighted by atomic mass is 9.99. The Balaban J connectivity index is 1.45. The Morgan fingerprint density at radius 2 is 2.00 bits per heavy atom. The normalized spacial score (nSPS) is 17.6. The molecule has 0 radical (unpaired) electrons. The van der Waals surface area contributed by atoms with Crippen molar-refractivity contribution < 1.29 is 22.0 Å². The van der Waals surface area contributed by atoms with Gasteiger partial charge in [0.1, 0.15) is 11.5 Å². The SMILES string of the molecule is Cc1cc(-c2nnc(NC(=O)C3CCCN(S(=O)(=O)c4ccc(F)cc4)C3)o2)n(C)n1. The zero-order chi connectivity index (χ0) is 22.2. The highest BCUT2D eigenvalue weighted by Gasteiger charge is 2.34. The van der Waals surface area contributed by atoms with E-state index >= 15 is 0 Å². The predicted molar refractivity (Wildman–Crippen MR) is 108 cm³/mol. The molecule has 1 fully saturated rings. The van der Waals surface area contributed by atoms with Crippen LogP contribution in [-0.2, 0) is 21.9 Å². The van der Waals surface area contributed by atoms with E-state index in [1.165, 1.54) is 16.4 Å². The van der Waals surface area contributed by atoms with Gasteiger partial charge in [-0.15, -0.1) is 5.10 Å². The number of anilines is 1. The Morgan fingerprint density at radius 3 is 2.68 bits per heavy atom. The Hall–Kier alpha value is -3.12. The van der Waals surface area contributed by atoms with Crippen LogP contribution < -0.4 is 5.32 Å². The first-order chi connectivity index (χ1) is 14.7. The van der Waals surface area contributed by atoms with E-state index in [1.54, 1.807) is 17.8 Å². The minimum absolute atomic E-state index is 0.00740. The molecular weight excluding hydrogens is 427 g/mol. The van der Waals surface area contributed by atoms with Crippen molar-refractivity contribution >= 4 is 21.9 Å². The van der Waals surface area contributed by atoms with E-state index in [-0.39, 0.29) is 29.9 Å². The summed E-state index contributed by atoms with van der Waals surface area (Å²) in [5, 5.41) is 14.6. The summed E-state index contributed by atoms with van der Waals surface area (Å²) in [6, 6.07) is 6.33. The van der Waals surface area contributed by atoms with Gasteiger partial charge in [0, 0.05) is 20.1 Å². The van der Waals surface area contributed by atoms with Gasteiger partial charge in [0.05, 0.1) is 16.5 Å². The van der Waals surface area contributed by atoms with Crippen molar-refractivity contribution in [3.8, 4) is 11.6 Å². The van der Waals surface area contributed by atoms with E-state index in [4.69, 9.17) is 4.42 Å². The van der Waals surface area contributed by atoms with Gasteiger partial charge in [-0.2, -0.15) is 9.40 Å². The summed E-state index contributed by atoms with van der Waals surface area (Å²) in [4.78, 5) is 12.7. The van der Waals surface area contributed by atoms with Crippen molar-refractivity contribution in [1.29, 1.82) is 0 Å². The number of hydrogen-bond donors (Lipinski definition) is 1. The maximum absolute atomic E-state index is 13.1. The second-order valence-corrected chi connectivity index (χ2v) is 9.29. The highest BCUT2D eigenvalue weighted by molar-refractivity contribution is 7.89. The Kier molecular flexibility index (Phi) is 5.58. The molecule has 4 rings (SSSR count). The number of carbonyl (C=O) groups excluding carboxylic acids is 1. The van der Waals surface area contributed by atoms with Crippen LogP contribution in [-0.4, -0.2) is 51.7 Å². The third-order valence-corrected chi connectivity index (χ3v) is 6.96. The molecule has 0 bridgehead atoms. The molecule has 1 aliphatic rings. The summed E-state index contributed by atoms with van der Waals surface area (Å²) in [6.07, 6.45) is 1.03. The number of aryl methyl sites for hydroxylation is 2. The van der Waals surface area contributed by atoms with Crippen LogP contribution in [0.1, 0.15) is 18.5 Å². The van der Waals surface area contributed by atoms with E-state index in [0.717, 1.165) is 17.8 Å². The molecule has 1 unspecified atom stereocenters. The molecule has 3 heterocycles. The molecule has 1 N–H and O–H groups in total. The van der Waals surface area contributed by atoms with Crippen molar-refractivity contribution in [2.24, 2.45) is 13.0 Å². The van der Waals surface area contributed by atoms with Gasteiger partial charge in [-0.25, -0.2) is 12.8 Å². The van der Waals surface area contributed by atoms with Gasteiger partial charge in [-0.05, 0) is 50.1 Å². The van der Waals surface area contributed by atoms with Gasteiger partial charge < -0.3 is 4.42 Å². The highest BCUT2D eigenvalue weighted by Crippen LogP contribution is 2.26. The Labute approximate surface area is 178 Å². The number of sulfonamides is 1. The topological polar surface area (TPSA) is 123 Å². The molecule has 0 aliphatic carbocycles. The second-order valence-electron chi connectivity index (χ2n) is 7.35. The number of aromatic nitrogens is 4. The average molecular weight is 448 g/mol. The molecule has 1 aromatic carbocycles. The highest BCUT2D eigenvalue weighted by atomic mass is 32.2. The number of halogens is 1. The monoisotopic (exact) mass is 448 g/mol. The molecule has 10 nitrogen and oxygen atoms in total. The number of hydrogen-bond acceptors (Lipinski definition) is 7. The third kappa shape index (κ3) is 4.35. The fraction of sp³-hybridized carbons (Fsp3) is 0.368. The second kappa shape index (κ2) is 8.19. The quantitative estimate of drug-likeness (QED) is 0.633. The van der Waals surface area contributed by atoms with Crippen molar-refractivity contribution in [2.45, 2.75) is 24.7 Å². The summed E-state index contributed by atoms with van der Waals surface area (Å²) in [5.41, 5.74) is 1.39. The van der Waals surface area contributed by atoms with Crippen LogP contribution in [0.4, 0.5) is 10.4 Å². The molecule has 1 aliphatic heterocycles. The first-order valence-electron chi connectivity index (χ1n) is 9.65. The Morgan fingerprint density at radius 1 is 1.26 bits per heavy atom. The fourth-order valence-corrected chi connectivity index (χ4v) is 5.05. The van der Waals surface area contributed by atoms with E-state index < -0.39 is 27.7 Å². The lowest BCUT2D eigenvalue weighted by molar-refractivity contribution is -0.121. The standard InChI is InChI=1S/C19H21FN6O4S/c1-12-10-16(25(2)24-12)18-22-23-19(30-18)21-17(27)13-4-3-9-26(11-13)31(28,29)15-7-5-14(20)6-8-15/h5-8,10,13H,3-4,9,11H2,1-2H3,(H,21,23,27). The number of carbonyl (C=O) groups is 1. The number of benzene rings is 1. The average Bonchev–Trinajstić information content (AvgIpc) is 3.33. The Bertz CT molecular complexity index is 1200. The molecule has 31 heavy (non-hydrogen) atoms. The zero-order valence-corrected chi connectivity index (χ0v) is 17.8. The van der Waals surface area contributed by atoms with Crippen LogP contribution in [0.3, 0.4) is 0 Å². The van der Waals surface area contributed by atoms with Gasteiger partial charge in [-0.1, -0.05) is 5.10 Å². The molecule has 0 spiro atoms. The molecule has 12 heteroatoms. The van der Waals surface area contributed by atoms with Crippen LogP contribution in [0.25, 0.3) is 11.6 Å². The van der Waals surface area contributed by atoms with Crippen molar-refractivity contribution in [3.05, 3.63) is 41.8 Å². The minimum atomic E-state index is -3.83. The van der Waals surface area contributed by atoms with E-state index in [1.807, 2.05) is 6.92 Å². The van der Waals surface area contributed by atoms with E-state index in [0.29, 0.717) is 18.5 Å². The lowest BCUT2D eigenvalue weighted by Crippen LogP contribution is -2.43. The first kappa shape index (κ1) is 21.1. The molecule has 3 aromatic rings. The van der Waals surface area contributed by atoms with E-state index in [2.05, 4.69) is 20.6 Å². The largest absolute Gasteiger partial charge is 0.401 e. The molecule has 1 amide bonds. The van der Waals surface area contributed by atoms with Crippen molar-refractivity contribution in [3.63, 3.8) is 0 Å². The van der Waals surface area contributed by atoms with Crippen molar-refractivity contribution in [2.75, 3.05) is 18.4 Å². The molecule has 1 atom stereocenters. The number of nitrogens with zero attached hydrogens (tertiary/aromatic N) is 5. The number of rotatable bonds is 5. The molecule has 0 saturated carbocycles. The van der Waals surface area contributed by atoms with Crippen LogP contribution in [0.2, 0.25) is 0 Å². The van der Waals surface area contributed by atoms with Crippen molar-refractivity contribution in [1.82, 2.24) is 24.3 Å². The molecule has 164 valence electrons.